The predicted molar refractivity (Wildman–Crippen MR) is 84.0 cm³/mol. The van der Waals surface area contributed by atoms with Gasteiger partial charge < -0.3 is 9.64 Å². The molecule has 3 heterocycles. The van der Waals surface area contributed by atoms with Crippen LogP contribution in [0.5, 0.6) is 0 Å². The zero-order valence-electron chi connectivity index (χ0n) is 11.7. The van der Waals surface area contributed by atoms with Gasteiger partial charge in [0.2, 0.25) is 0 Å². The molecule has 6 nitrogen and oxygen atoms in total. The Balaban J connectivity index is 1.67. The Morgan fingerprint density at radius 3 is 3.09 bits per heavy atom. The van der Waals surface area contributed by atoms with E-state index in [9.17, 15) is 0 Å². The lowest BCUT2D eigenvalue weighted by Gasteiger charge is -2.34. The number of hydrogen-bond donors (Lipinski definition) is 1. The van der Waals surface area contributed by atoms with Gasteiger partial charge in [0.05, 0.1) is 18.2 Å². The maximum atomic E-state index is 6.29. The molecule has 3 aromatic rings. The molecule has 4 rings (SSSR count). The van der Waals surface area contributed by atoms with Crippen molar-refractivity contribution in [1.29, 1.82) is 0 Å². The molecule has 1 saturated heterocycles. The number of fused-ring (bicyclic) bond motifs is 1. The van der Waals surface area contributed by atoms with Crippen molar-refractivity contribution in [2.24, 2.45) is 0 Å². The van der Waals surface area contributed by atoms with Crippen molar-refractivity contribution in [3.05, 3.63) is 47.4 Å². The Kier molecular flexibility index (Phi) is 3.40. The molecule has 1 aliphatic rings. The summed E-state index contributed by atoms with van der Waals surface area (Å²) < 4.78 is 5.90. The van der Waals surface area contributed by atoms with E-state index in [1.807, 2.05) is 24.3 Å². The highest BCUT2D eigenvalue weighted by atomic mass is 35.5. The molecule has 0 saturated carbocycles. The minimum Gasteiger partial charge on any atom is -0.370 e. The number of rotatable bonds is 2. The summed E-state index contributed by atoms with van der Waals surface area (Å²) >= 11 is 6.29. The molecular formula is C15H14ClN5O. The highest BCUT2D eigenvalue weighted by molar-refractivity contribution is 6.31. The fourth-order valence-electron chi connectivity index (χ4n) is 2.77. The van der Waals surface area contributed by atoms with Crippen molar-refractivity contribution in [1.82, 2.24) is 20.2 Å². The van der Waals surface area contributed by atoms with E-state index in [1.54, 1.807) is 12.5 Å². The third-order valence-electron chi connectivity index (χ3n) is 3.85. The molecule has 1 unspecified atom stereocenters. The van der Waals surface area contributed by atoms with E-state index < -0.39 is 0 Å². The van der Waals surface area contributed by atoms with Gasteiger partial charge in [0, 0.05) is 23.7 Å². The Labute approximate surface area is 132 Å². The molecule has 0 spiro atoms. The minimum atomic E-state index is -0.0700. The van der Waals surface area contributed by atoms with Crippen LogP contribution < -0.4 is 4.90 Å². The Hall–Kier alpha value is -2.18. The summed E-state index contributed by atoms with van der Waals surface area (Å²) in [7, 11) is 0. The van der Waals surface area contributed by atoms with Gasteiger partial charge in [-0.05, 0) is 6.07 Å². The lowest BCUT2D eigenvalue weighted by Crippen LogP contribution is -2.39. The number of nitrogens with zero attached hydrogens (tertiary/aromatic N) is 4. The van der Waals surface area contributed by atoms with Crippen LogP contribution in [0.1, 0.15) is 11.7 Å². The SMILES string of the molecule is Clc1ccccc1C1CN(c2ncnc3[nH]ncc23)CCO1. The number of nitrogens with one attached hydrogen (secondary N) is 1. The third kappa shape index (κ3) is 2.30. The average molecular weight is 316 g/mol. The first kappa shape index (κ1) is 13.5. The number of ether oxygens (including phenoxy) is 1. The second kappa shape index (κ2) is 5.55. The van der Waals surface area contributed by atoms with Crippen molar-refractivity contribution in [2.75, 3.05) is 24.6 Å². The van der Waals surface area contributed by atoms with E-state index in [0.29, 0.717) is 13.2 Å². The zero-order chi connectivity index (χ0) is 14.9. The lowest BCUT2D eigenvalue weighted by atomic mass is 10.1. The second-order valence-electron chi connectivity index (χ2n) is 5.16. The average Bonchev–Trinajstić information content (AvgIpc) is 3.04. The van der Waals surface area contributed by atoms with Gasteiger partial charge in [-0.3, -0.25) is 5.10 Å². The molecular weight excluding hydrogens is 302 g/mol. The van der Waals surface area contributed by atoms with Gasteiger partial charge in [-0.25, -0.2) is 9.97 Å². The molecule has 112 valence electrons. The van der Waals surface area contributed by atoms with Crippen molar-refractivity contribution in [3.8, 4) is 0 Å². The Morgan fingerprint density at radius 1 is 1.27 bits per heavy atom. The standard InChI is InChI=1S/C15H14ClN5O/c16-12-4-2-1-3-10(12)13-8-21(5-6-22-13)15-11-7-19-20-14(11)17-9-18-15/h1-4,7,9,13H,5-6,8H2,(H,17,18,19,20). The summed E-state index contributed by atoms with van der Waals surface area (Å²) in [4.78, 5) is 10.8. The number of anilines is 1. The summed E-state index contributed by atoms with van der Waals surface area (Å²) in [6, 6.07) is 7.79. The second-order valence-corrected chi connectivity index (χ2v) is 5.56. The van der Waals surface area contributed by atoms with E-state index >= 15 is 0 Å². The van der Waals surface area contributed by atoms with Crippen LogP contribution in [0.2, 0.25) is 5.02 Å². The predicted octanol–water partition coefficient (Wildman–Crippen LogP) is 2.58. The molecule has 22 heavy (non-hydrogen) atoms. The van der Waals surface area contributed by atoms with E-state index in [2.05, 4.69) is 25.1 Å². The first-order valence-corrected chi connectivity index (χ1v) is 7.46. The number of aromatic nitrogens is 4. The van der Waals surface area contributed by atoms with Crippen LogP contribution in [0.4, 0.5) is 5.82 Å². The topological polar surface area (TPSA) is 66.9 Å². The number of H-pyrrole nitrogens is 1. The maximum Gasteiger partial charge on any atom is 0.160 e. The molecule has 0 bridgehead atoms. The first-order chi connectivity index (χ1) is 10.8. The van der Waals surface area contributed by atoms with E-state index in [1.165, 1.54) is 0 Å². The van der Waals surface area contributed by atoms with Crippen LogP contribution in [-0.4, -0.2) is 39.9 Å². The van der Waals surface area contributed by atoms with Gasteiger partial charge in [-0.15, -0.1) is 0 Å². The van der Waals surface area contributed by atoms with Crippen LogP contribution in [-0.2, 0) is 4.74 Å². The van der Waals surface area contributed by atoms with Gasteiger partial charge in [-0.1, -0.05) is 29.8 Å². The number of benzene rings is 1. The zero-order valence-corrected chi connectivity index (χ0v) is 12.5. The van der Waals surface area contributed by atoms with E-state index in [0.717, 1.165) is 34.0 Å². The number of hydrogen-bond acceptors (Lipinski definition) is 5. The van der Waals surface area contributed by atoms with Crippen LogP contribution in [0.3, 0.4) is 0 Å². The highest BCUT2D eigenvalue weighted by Gasteiger charge is 2.25. The quantitative estimate of drug-likeness (QED) is 0.787. The smallest absolute Gasteiger partial charge is 0.160 e. The fourth-order valence-corrected chi connectivity index (χ4v) is 3.03. The third-order valence-corrected chi connectivity index (χ3v) is 4.19. The van der Waals surface area contributed by atoms with E-state index in [4.69, 9.17) is 16.3 Å². The van der Waals surface area contributed by atoms with Crippen molar-refractivity contribution < 1.29 is 4.74 Å². The molecule has 7 heteroatoms. The summed E-state index contributed by atoms with van der Waals surface area (Å²) in [5.41, 5.74) is 1.75. The largest absolute Gasteiger partial charge is 0.370 e. The van der Waals surface area contributed by atoms with Gasteiger partial charge in [0.1, 0.15) is 18.2 Å². The summed E-state index contributed by atoms with van der Waals surface area (Å²) in [6.45, 7) is 2.10. The molecule has 1 atom stereocenters. The van der Waals surface area contributed by atoms with Gasteiger partial charge in [0.15, 0.2) is 5.65 Å². The summed E-state index contributed by atoms with van der Waals surface area (Å²) in [5, 5.41) is 8.56. The lowest BCUT2D eigenvalue weighted by molar-refractivity contribution is 0.0397. The van der Waals surface area contributed by atoms with Crippen LogP contribution in [0.15, 0.2) is 36.8 Å². The molecule has 0 amide bonds. The molecule has 1 aliphatic heterocycles. The molecule has 2 aromatic heterocycles. The maximum absolute atomic E-state index is 6.29. The molecule has 1 aromatic carbocycles. The first-order valence-electron chi connectivity index (χ1n) is 7.08. The van der Waals surface area contributed by atoms with Crippen LogP contribution >= 0.6 is 11.6 Å². The molecule has 0 aliphatic carbocycles. The summed E-state index contributed by atoms with van der Waals surface area (Å²) in [5.74, 6) is 0.874. The van der Waals surface area contributed by atoms with Crippen molar-refractivity contribution >= 4 is 28.5 Å². The van der Waals surface area contributed by atoms with Crippen molar-refractivity contribution in [2.45, 2.75) is 6.10 Å². The fraction of sp³-hybridized carbons (Fsp3) is 0.267. The summed E-state index contributed by atoms with van der Waals surface area (Å²) in [6.07, 6.45) is 3.24. The minimum absolute atomic E-state index is 0.0700. The van der Waals surface area contributed by atoms with Gasteiger partial charge >= 0.3 is 0 Å². The number of morpholine rings is 1. The number of aromatic amines is 1. The number of halogens is 1. The normalized spacial score (nSPS) is 18.8. The van der Waals surface area contributed by atoms with Crippen LogP contribution in [0.25, 0.3) is 11.0 Å². The molecule has 0 radical (unpaired) electrons. The Bertz CT molecular complexity index is 805. The Morgan fingerprint density at radius 2 is 2.18 bits per heavy atom. The molecule has 1 fully saturated rings. The highest BCUT2D eigenvalue weighted by Crippen LogP contribution is 2.31. The van der Waals surface area contributed by atoms with Crippen molar-refractivity contribution in [3.63, 3.8) is 0 Å². The molecule has 1 N–H and O–H groups in total. The van der Waals surface area contributed by atoms with Gasteiger partial charge in [0.25, 0.3) is 0 Å². The van der Waals surface area contributed by atoms with Crippen LogP contribution in [0, 0.1) is 0 Å². The van der Waals surface area contributed by atoms with Gasteiger partial charge in [-0.2, -0.15) is 5.10 Å². The van der Waals surface area contributed by atoms with E-state index in [-0.39, 0.29) is 6.10 Å². The monoisotopic (exact) mass is 315 g/mol.